The van der Waals surface area contributed by atoms with E-state index in [1.807, 2.05) is 0 Å². The van der Waals surface area contributed by atoms with Gasteiger partial charge in [-0.15, -0.1) is 0 Å². The topological polar surface area (TPSA) is 124 Å². The third kappa shape index (κ3) is 4.27. The number of rotatable bonds is 6. The fraction of sp³-hybridized carbons (Fsp3) is 0.308. The van der Waals surface area contributed by atoms with E-state index in [0.717, 1.165) is 0 Å². The molecule has 0 aromatic heterocycles. The molecule has 1 aromatic rings. The average Bonchev–Trinajstić information content (AvgIpc) is 2.33. The molecule has 1 amide bonds. The van der Waals surface area contributed by atoms with E-state index in [2.05, 4.69) is 5.32 Å². The first-order chi connectivity index (χ1) is 9.31. The zero-order chi connectivity index (χ0) is 15.3. The largest absolute Gasteiger partial charge is 0.508 e. The second kappa shape index (κ2) is 6.55. The molecule has 4 N–H and O–H groups in total. The summed E-state index contributed by atoms with van der Waals surface area (Å²) >= 11 is 0. The summed E-state index contributed by atoms with van der Waals surface area (Å²) in [6.45, 7) is 1.60. The van der Waals surface area contributed by atoms with E-state index < -0.39 is 23.9 Å². The predicted molar refractivity (Wildman–Crippen MR) is 68.6 cm³/mol. The molecule has 0 aliphatic rings. The molecule has 0 fully saturated rings. The van der Waals surface area contributed by atoms with Gasteiger partial charge in [-0.05, 0) is 37.1 Å². The summed E-state index contributed by atoms with van der Waals surface area (Å²) in [5.74, 6) is -3.05. The van der Waals surface area contributed by atoms with Crippen molar-refractivity contribution < 1.29 is 29.7 Å². The van der Waals surface area contributed by atoms with E-state index in [1.54, 1.807) is 6.92 Å². The summed E-state index contributed by atoms with van der Waals surface area (Å²) < 4.78 is 0. The Labute approximate surface area is 114 Å². The maximum atomic E-state index is 11.9. The van der Waals surface area contributed by atoms with E-state index in [4.69, 9.17) is 10.2 Å². The number of carboxylic acid groups (broad SMARTS) is 2. The minimum absolute atomic E-state index is 0.000267. The van der Waals surface area contributed by atoms with Gasteiger partial charge in [0.15, 0.2) is 0 Å². The maximum absolute atomic E-state index is 11.9. The van der Waals surface area contributed by atoms with Crippen LogP contribution in [0.5, 0.6) is 5.75 Å². The number of phenols is 1. The molecule has 7 nitrogen and oxygen atoms in total. The number of aliphatic carboxylic acids is 2. The molecule has 0 unspecified atom stereocenters. The van der Waals surface area contributed by atoms with Crippen LogP contribution in [0.2, 0.25) is 0 Å². The van der Waals surface area contributed by atoms with Crippen LogP contribution in [-0.2, 0) is 9.59 Å². The molecular formula is C13H15NO6. The summed E-state index contributed by atoms with van der Waals surface area (Å²) in [5.41, 5.74) is 0.717. The van der Waals surface area contributed by atoms with E-state index in [9.17, 15) is 19.5 Å². The molecule has 20 heavy (non-hydrogen) atoms. The van der Waals surface area contributed by atoms with Crippen molar-refractivity contribution in [2.75, 3.05) is 0 Å². The van der Waals surface area contributed by atoms with Crippen LogP contribution in [0, 0.1) is 6.92 Å². The quantitative estimate of drug-likeness (QED) is 0.610. The summed E-state index contributed by atoms with van der Waals surface area (Å²) in [7, 11) is 0. The van der Waals surface area contributed by atoms with Crippen molar-refractivity contribution in [3.05, 3.63) is 29.3 Å². The highest BCUT2D eigenvalue weighted by Gasteiger charge is 2.22. The summed E-state index contributed by atoms with van der Waals surface area (Å²) in [4.78, 5) is 33.3. The van der Waals surface area contributed by atoms with Gasteiger partial charge in [0.25, 0.3) is 5.91 Å². The van der Waals surface area contributed by atoms with Crippen molar-refractivity contribution in [1.82, 2.24) is 5.32 Å². The van der Waals surface area contributed by atoms with E-state index in [1.165, 1.54) is 18.2 Å². The molecule has 7 heteroatoms. The molecule has 1 aromatic carbocycles. The highest BCUT2D eigenvalue weighted by Crippen LogP contribution is 2.15. The van der Waals surface area contributed by atoms with Crippen molar-refractivity contribution in [1.29, 1.82) is 0 Å². The van der Waals surface area contributed by atoms with Crippen LogP contribution in [0.4, 0.5) is 0 Å². The monoisotopic (exact) mass is 281 g/mol. The molecule has 0 heterocycles. The van der Waals surface area contributed by atoms with Gasteiger partial charge in [0.05, 0.1) is 0 Å². The van der Waals surface area contributed by atoms with E-state index >= 15 is 0 Å². The zero-order valence-corrected chi connectivity index (χ0v) is 10.8. The van der Waals surface area contributed by atoms with Crippen molar-refractivity contribution in [2.24, 2.45) is 0 Å². The van der Waals surface area contributed by atoms with Crippen LogP contribution in [-0.4, -0.2) is 39.2 Å². The molecule has 0 saturated heterocycles. The maximum Gasteiger partial charge on any atom is 0.326 e. The standard InChI is InChI=1S/C13H15NO6/c1-7-6-8(15)2-3-9(7)12(18)14-10(13(19)20)4-5-11(16)17/h2-3,6,10,15H,4-5H2,1H3,(H,14,18)(H,16,17)(H,19,20)/t10-/m0/s1. The normalized spacial score (nSPS) is 11.7. The van der Waals surface area contributed by atoms with Gasteiger partial charge in [-0.3, -0.25) is 9.59 Å². The summed E-state index contributed by atoms with van der Waals surface area (Å²) in [5, 5.41) is 29.0. The Balaban J connectivity index is 2.80. The fourth-order valence-corrected chi connectivity index (χ4v) is 1.66. The number of carboxylic acids is 2. The molecule has 0 aliphatic heterocycles. The first-order valence-corrected chi connectivity index (χ1v) is 5.86. The Hall–Kier alpha value is -2.57. The minimum Gasteiger partial charge on any atom is -0.508 e. The lowest BCUT2D eigenvalue weighted by molar-refractivity contribution is -0.140. The van der Waals surface area contributed by atoms with Crippen LogP contribution in [0.15, 0.2) is 18.2 Å². The lowest BCUT2D eigenvalue weighted by atomic mass is 10.1. The molecule has 0 saturated carbocycles. The number of carbonyl (C=O) groups is 3. The van der Waals surface area contributed by atoms with Crippen LogP contribution < -0.4 is 5.32 Å². The third-order valence-corrected chi connectivity index (χ3v) is 2.70. The van der Waals surface area contributed by atoms with Crippen molar-refractivity contribution in [3.8, 4) is 5.75 Å². The van der Waals surface area contributed by atoms with Crippen LogP contribution in [0.1, 0.15) is 28.8 Å². The zero-order valence-electron chi connectivity index (χ0n) is 10.8. The second-order valence-electron chi connectivity index (χ2n) is 4.30. The van der Waals surface area contributed by atoms with Crippen LogP contribution >= 0.6 is 0 Å². The van der Waals surface area contributed by atoms with E-state index in [-0.39, 0.29) is 24.2 Å². The molecule has 0 bridgehead atoms. The third-order valence-electron chi connectivity index (χ3n) is 2.70. The highest BCUT2D eigenvalue weighted by molar-refractivity contribution is 5.98. The number of aromatic hydroxyl groups is 1. The highest BCUT2D eigenvalue weighted by atomic mass is 16.4. The number of amides is 1. The van der Waals surface area contributed by atoms with Gasteiger partial charge in [-0.25, -0.2) is 4.79 Å². The molecule has 0 radical (unpaired) electrons. The van der Waals surface area contributed by atoms with E-state index in [0.29, 0.717) is 5.56 Å². The van der Waals surface area contributed by atoms with Gasteiger partial charge in [0.1, 0.15) is 11.8 Å². The van der Waals surface area contributed by atoms with Gasteiger partial charge in [-0.1, -0.05) is 0 Å². The molecule has 1 atom stereocenters. The molecule has 0 aliphatic carbocycles. The summed E-state index contributed by atoms with van der Waals surface area (Å²) in [6, 6.07) is 2.79. The number of benzene rings is 1. The number of aryl methyl sites for hydroxylation is 1. The SMILES string of the molecule is Cc1cc(O)ccc1C(=O)N[C@@H](CCC(=O)O)C(=O)O. The number of carbonyl (C=O) groups excluding carboxylic acids is 1. The van der Waals surface area contributed by atoms with Gasteiger partial charge < -0.3 is 20.6 Å². The number of phenolic OH excluding ortho intramolecular Hbond substituents is 1. The Bertz CT molecular complexity index is 540. The van der Waals surface area contributed by atoms with Gasteiger partial charge in [-0.2, -0.15) is 0 Å². The van der Waals surface area contributed by atoms with Gasteiger partial charge in [0, 0.05) is 12.0 Å². The van der Waals surface area contributed by atoms with Crippen molar-refractivity contribution >= 4 is 17.8 Å². The number of nitrogens with one attached hydrogen (secondary N) is 1. The van der Waals surface area contributed by atoms with Crippen LogP contribution in [0.3, 0.4) is 0 Å². The molecule has 0 spiro atoms. The molecule has 108 valence electrons. The lowest BCUT2D eigenvalue weighted by Gasteiger charge is -2.14. The Kier molecular flexibility index (Phi) is 5.08. The van der Waals surface area contributed by atoms with Crippen molar-refractivity contribution in [3.63, 3.8) is 0 Å². The smallest absolute Gasteiger partial charge is 0.326 e. The number of hydrogen-bond donors (Lipinski definition) is 4. The van der Waals surface area contributed by atoms with Gasteiger partial charge in [0.2, 0.25) is 0 Å². The average molecular weight is 281 g/mol. The number of hydrogen-bond acceptors (Lipinski definition) is 4. The van der Waals surface area contributed by atoms with Crippen LogP contribution in [0.25, 0.3) is 0 Å². The Morgan fingerprint density at radius 3 is 2.40 bits per heavy atom. The first kappa shape index (κ1) is 15.5. The Morgan fingerprint density at radius 2 is 1.90 bits per heavy atom. The Morgan fingerprint density at radius 1 is 1.25 bits per heavy atom. The van der Waals surface area contributed by atoms with Gasteiger partial charge >= 0.3 is 11.9 Å². The lowest BCUT2D eigenvalue weighted by Crippen LogP contribution is -2.41. The molecular weight excluding hydrogens is 266 g/mol. The first-order valence-electron chi connectivity index (χ1n) is 5.86. The minimum atomic E-state index is -1.30. The predicted octanol–water partition coefficient (Wildman–Crippen LogP) is 0.748. The van der Waals surface area contributed by atoms with Crippen molar-refractivity contribution in [2.45, 2.75) is 25.8 Å². The molecule has 1 rings (SSSR count). The second-order valence-corrected chi connectivity index (χ2v) is 4.30. The fourth-order valence-electron chi connectivity index (χ4n) is 1.66. The summed E-state index contributed by atoms with van der Waals surface area (Å²) in [6.07, 6.45) is -0.556.